The molecule has 0 atom stereocenters. The SMILES string of the molecule is CC(C)CNC(N)=NCc1ccc(C(F)(F)F)cc1.I. The van der Waals surface area contributed by atoms with Crippen LogP contribution in [-0.2, 0) is 12.7 Å². The molecule has 1 rings (SSSR count). The van der Waals surface area contributed by atoms with E-state index in [0.29, 0.717) is 24.0 Å². The summed E-state index contributed by atoms with van der Waals surface area (Å²) in [5.41, 5.74) is 5.65. The zero-order valence-corrected chi connectivity index (χ0v) is 13.7. The standard InChI is InChI=1S/C13H18F3N3.HI/c1-9(2)7-18-12(17)19-8-10-3-5-11(6-4-10)13(14,15)16;/h3-6,9H,7-8H2,1-2H3,(H3,17,18,19);1H. The molecule has 0 unspecified atom stereocenters. The highest BCUT2D eigenvalue weighted by Crippen LogP contribution is 2.29. The summed E-state index contributed by atoms with van der Waals surface area (Å²) in [4.78, 5) is 4.06. The lowest BCUT2D eigenvalue weighted by Crippen LogP contribution is -2.34. The molecule has 0 heterocycles. The van der Waals surface area contributed by atoms with Crippen LogP contribution < -0.4 is 11.1 Å². The van der Waals surface area contributed by atoms with Gasteiger partial charge in [-0.25, -0.2) is 4.99 Å². The Morgan fingerprint density at radius 2 is 1.80 bits per heavy atom. The number of nitrogens with two attached hydrogens (primary N) is 1. The minimum Gasteiger partial charge on any atom is -0.370 e. The number of halogens is 4. The van der Waals surface area contributed by atoms with Crippen molar-refractivity contribution in [3.63, 3.8) is 0 Å². The molecule has 0 amide bonds. The lowest BCUT2D eigenvalue weighted by Gasteiger charge is -2.08. The number of guanidine groups is 1. The van der Waals surface area contributed by atoms with E-state index in [1.807, 2.05) is 13.8 Å². The van der Waals surface area contributed by atoms with Crippen LogP contribution in [-0.4, -0.2) is 12.5 Å². The number of rotatable bonds is 4. The van der Waals surface area contributed by atoms with Crippen molar-refractivity contribution in [3.05, 3.63) is 35.4 Å². The largest absolute Gasteiger partial charge is 0.416 e. The van der Waals surface area contributed by atoms with E-state index >= 15 is 0 Å². The van der Waals surface area contributed by atoms with E-state index in [1.54, 1.807) is 0 Å². The molecule has 0 saturated heterocycles. The van der Waals surface area contributed by atoms with Crippen molar-refractivity contribution in [1.29, 1.82) is 0 Å². The summed E-state index contributed by atoms with van der Waals surface area (Å²) >= 11 is 0. The monoisotopic (exact) mass is 401 g/mol. The molecular formula is C13H19F3IN3. The first kappa shape index (κ1) is 19.0. The second kappa shape index (κ2) is 8.33. The average molecular weight is 401 g/mol. The van der Waals surface area contributed by atoms with E-state index in [2.05, 4.69) is 10.3 Å². The van der Waals surface area contributed by atoms with E-state index in [0.717, 1.165) is 12.1 Å². The van der Waals surface area contributed by atoms with Gasteiger partial charge in [-0.1, -0.05) is 26.0 Å². The summed E-state index contributed by atoms with van der Waals surface area (Å²) in [6.45, 7) is 5.05. The molecule has 114 valence electrons. The van der Waals surface area contributed by atoms with Crippen molar-refractivity contribution in [2.75, 3.05) is 6.54 Å². The maximum atomic E-state index is 12.4. The predicted octanol–water partition coefficient (Wildman–Crippen LogP) is 3.38. The van der Waals surface area contributed by atoms with Crippen molar-refractivity contribution in [2.24, 2.45) is 16.6 Å². The smallest absolute Gasteiger partial charge is 0.370 e. The molecule has 0 radical (unpaired) electrons. The van der Waals surface area contributed by atoms with Gasteiger partial charge in [0.2, 0.25) is 0 Å². The number of benzene rings is 1. The number of hydrogen-bond acceptors (Lipinski definition) is 1. The molecule has 0 aliphatic heterocycles. The van der Waals surface area contributed by atoms with E-state index < -0.39 is 11.7 Å². The highest BCUT2D eigenvalue weighted by Gasteiger charge is 2.29. The van der Waals surface area contributed by atoms with Crippen molar-refractivity contribution in [1.82, 2.24) is 5.32 Å². The van der Waals surface area contributed by atoms with Crippen molar-refractivity contribution >= 4 is 29.9 Å². The topological polar surface area (TPSA) is 50.4 Å². The predicted molar refractivity (Wildman–Crippen MR) is 85.0 cm³/mol. The number of nitrogens with zero attached hydrogens (tertiary/aromatic N) is 1. The van der Waals surface area contributed by atoms with Crippen LogP contribution in [0.2, 0.25) is 0 Å². The molecular weight excluding hydrogens is 382 g/mol. The molecule has 1 aromatic carbocycles. The molecule has 3 nitrogen and oxygen atoms in total. The van der Waals surface area contributed by atoms with E-state index in [1.165, 1.54) is 12.1 Å². The fourth-order valence-corrected chi connectivity index (χ4v) is 1.34. The Morgan fingerprint density at radius 3 is 2.25 bits per heavy atom. The van der Waals surface area contributed by atoms with Crippen molar-refractivity contribution in [2.45, 2.75) is 26.6 Å². The molecule has 0 aromatic heterocycles. The van der Waals surface area contributed by atoms with Crippen LogP contribution in [0.3, 0.4) is 0 Å². The molecule has 0 aliphatic carbocycles. The van der Waals surface area contributed by atoms with Crippen LogP contribution in [0, 0.1) is 5.92 Å². The van der Waals surface area contributed by atoms with Crippen LogP contribution in [0.5, 0.6) is 0 Å². The first-order valence-corrected chi connectivity index (χ1v) is 5.99. The molecule has 0 spiro atoms. The van der Waals surface area contributed by atoms with Gasteiger partial charge in [-0.05, 0) is 23.6 Å². The van der Waals surface area contributed by atoms with Gasteiger partial charge in [0.25, 0.3) is 0 Å². The van der Waals surface area contributed by atoms with Gasteiger partial charge >= 0.3 is 6.18 Å². The molecule has 0 fully saturated rings. The Bertz CT molecular complexity index is 427. The molecule has 1 aromatic rings. The second-order valence-electron chi connectivity index (χ2n) is 4.67. The number of alkyl halides is 3. The van der Waals surface area contributed by atoms with Gasteiger partial charge in [-0.3, -0.25) is 0 Å². The van der Waals surface area contributed by atoms with Crippen molar-refractivity contribution < 1.29 is 13.2 Å². The van der Waals surface area contributed by atoms with Crippen LogP contribution in [0.25, 0.3) is 0 Å². The Kier molecular flexibility index (Phi) is 7.92. The molecule has 0 bridgehead atoms. The average Bonchev–Trinajstić information content (AvgIpc) is 2.33. The summed E-state index contributed by atoms with van der Waals surface area (Å²) < 4.78 is 37.1. The van der Waals surface area contributed by atoms with E-state index in [9.17, 15) is 13.2 Å². The molecule has 20 heavy (non-hydrogen) atoms. The van der Waals surface area contributed by atoms with E-state index in [4.69, 9.17) is 5.73 Å². The van der Waals surface area contributed by atoms with Crippen LogP contribution in [0.1, 0.15) is 25.0 Å². The lowest BCUT2D eigenvalue weighted by molar-refractivity contribution is -0.137. The summed E-state index contributed by atoms with van der Waals surface area (Å²) in [7, 11) is 0. The molecule has 3 N–H and O–H groups in total. The maximum absolute atomic E-state index is 12.4. The van der Waals surface area contributed by atoms with E-state index in [-0.39, 0.29) is 30.5 Å². The van der Waals surface area contributed by atoms with Gasteiger partial charge in [0, 0.05) is 6.54 Å². The zero-order chi connectivity index (χ0) is 14.5. The Labute approximate surface area is 133 Å². The maximum Gasteiger partial charge on any atom is 0.416 e. The highest BCUT2D eigenvalue weighted by atomic mass is 127. The fraction of sp³-hybridized carbons (Fsp3) is 0.462. The van der Waals surface area contributed by atoms with Gasteiger partial charge in [0.05, 0.1) is 12.1 Å². The number of hydrogen-bond donors (Lipinski definition) is 2. The Balaban J connectivity index is 0.00000361. The summed E-state index contributed by atoms with van der Waals surface area (Å²) in [5.74, 6) is 0.744. The molecule has 0 aliphatic rings. The highest BCUT2D eigenvalue weighted by molar-refractivity contribution is 14.0. The Hall–Kier alpha value is -0.990. The summed E-state index contributed by atoms with van der Waals surface area (Å²) in [5, 5.41) is 2.94. The fourth-order valence-electron chi connectivity index (χ4n) is 1.34. The van der Waals surface area contributed by atoms with Crippen LogP contribution in [0.4, 0.5) is 13.2 Å². The Morgan fingerprint density at radius 1 is 1.25 bits per heavy atom. The van der Waals surface area contributed by atoms with Gasteiger partial charge in [0.15, 0.2) is 5.96 Å². The first-order chi connectivity index (χ1) is 8.79. The van der Waals surface area contributed by atoms with Crippen LogP contribution >= 0.6 is 24.0 Å². The molecule has 0 saturated carbocycles. The minimum absolute atomic E-state index is 0. The first-order valence-electron chi connectivity index (χ1n) is 5.99. The van der Waals surface area contributed by atoms with Gasteiger partial charge in [-0.15, -0.1) is 24.0 Å². The lowest BCUT2D eigenvalue weighted by atomic mass is 10.1. The summed E-state index contributed by atoms with van der Waals surface area (Å²) in [6, 6.07) is 4.90. The van der Waals surface area contributed by atoms with Gasteiger partial charge < -0.3 is 11.1 Å². The number of aliphatic imine (C=N–C) groups is 1. The zero-order valence-electron chi connectivity index (χ0n) is 11.4. The van der Waals surface area contributed by atoms with Gasteiger partial charge in [0.1, 0.15) is 0 Å². The second-order valence-corrected chi connectivity index (χ2v) is 4.67. The normalized spacial score (nSPS) is 12.2. The van der Waals surface area contributed by atoms with Crippen LogP contribution in [0.15, 0.2) is 29.3 Å². The number of nitrogens with one attached hydrogen (secondary N) is 1. The minimum atomic E-state index is -4.31. The molecule has 7 heteroatoms. The third kappa shape index (κ3) is 6.97. The van der Waals surface area contributed by atoms with Gasteiger partial charge in [-0.2, -0.15) is 13.2 Å². The third-order valence-electron chi connectivity index (χ3n) is 2.40. The quantitative estimate of drug-likeness (QED) is 0.462. The summed E-state index contributed by atoms with van der Waals surface area (Å²) in [6.07, 6.45) is -4.31. The van der Waals surface area contributed by atoms with Crippen molar-refractivity contribution in [3.8, 4) is 0 Å². The third-order valence-corrected chi connectivity index (χ3v) is 2.40.